The average molecular weight is 239 g/mol. The normalized spacial score (nSPS) is 25.4. The van der Waals surface area contributed by atoms with Gasteiger partial charge in [0.1, 0.15) is 0 Å². The molecule has 0 saturated heterocycles. The van der Waals surface area contributed by atoms with Gasteiger partial charge in [-0.2, -0.15) is 0 Å². The molecule has 2 N–H and O–H groups in total. The first kappa shape index (κ1) is 14.5. The highest BCUT2D eigenvalue weighted by atomic mass is 35.5. The standard InChI is InChI=1S/C9H18N2O3.ClH/c10-7-9-3-1-8(2-4-9)5-6-14-11(12)13;/h8-9H,1-7,10H2;1H. The lowest BCUT2D eigenvalue weighted by Gasteiger charge is -2.27. The molecule has 0 aliphatic heterocycles. The molecule has 0 bridgehead atoms. The van der Waals surface area contributed by atoms with Crippen LogP contribution in [0.3, 0.4) is 0 Å². The fourth-order valence-electron chi connectivity index (χ4n) is 2.05. The van der Waals surface area contributed by atoms with Crippen molar-refractivity contribution in [3.63, 3.8) is 0 Å². The van der Waals surface area contributed by atoms with Crippen molar-refractivity contribution in [3.05, 3.63) is 10.1 Å². The third-order valence-electron chi connectivity index (χ3n) is 3.02. The smallest absolute Gasteiger partial charge is 0.294 e. The molecule has 1 saturated carbocycles. The van der Waals surface area contributed by atoms with Gasteiger partial charge in [0.25, 0.3) is 5.09 Å². The Morgan fingerprint density at radius 1 is 1.27 bits per heavy atom. The second-order valence-electron chi connectivity index (χ2n) is 3.97. The van der Waals surface area contributed by atoms with Crippen LogP contribution in [-0.2, 0) is 4.84 Å². The van der Waals surface area contributed by atoms with Gasteiger partial charge >= 0.3 is 0 Å². The van der Waals surface area contributed by atoms with E-state index in [0.717, 1.165) is 25.8 Å². The largest absolute Gasteiger partial charge is 0.330 e. The quantitative estimate of drug-likeness (QED) is 0.585. The van der Waals surface area contributed by atoms with Crippen LogP contribution < -0.4 is 5.73 Å². The van der Waals surface area contributed by atoms with Gasteiger partial charge in [0, 0.05) is 0 Å². The van der Waals surface area contributed by atoms with E-state index >= 15 is 0 Å². The monoisotopic (exact) mass is 238 g/mol. The minimum atomic E-state index is -0.717. The summed E-state index contributed by atoms with van der Waals surface area (Å²) in [5.74, 6) is 1.26. The van der Waals surface area contributed by atoms with Gasteiger partial charge in [-0.05, 0) is 37.6 Å². The van der Waals surface area contributed by atoms with Gasteiger partial charge in [0.05, 0.1) is 6.61 Å². The van der Waals surface area contributed by atoms with Crippen molar-refractivity contribution in [2.45, 2.75) is 32.1 Å². The number of nitrogens with two attached hydrogens (primary N) is 1. The summed E-state index contributed by atoms with van der Waals surface area (Å²) in [4.78, 5) is 14.2. The van der Waals surface area contributed by atoms with E-state index in [2.05, 4.69) is 4.84 Å². The summed E-state index contributed by atoms with van der Waals surface area (Å²) in [7, 11) is 0. The van der Waals surface area contributed by atoms with Gasteiger partial charge < -0.3 is 10.6 Å². The second-order valence-corrected chi connectivity index (χ2v) is 3.97. The number of nitrogens with zero attached hydrogens (tertiary/aromatic N) is 1. The van der Waals surface area contributed by atoms with Gasteiger partial charge in [0.15, 0.2) is 0 Å². The molecule has 1 rings (SSSR count). The maximum Gasteiger partial charge on any atom is 0.294 e. The molecule has 90 valence electrons. The fourth-order valence-corrected chi connectivity index (χ4v) is 2.05. The van der Waals surface area contributed by atoms with E-state index in [-0.39, 0.29) is 19.0 Å². The molecule has 0 atom stereocenters. The first-order chi connectivity index (χ1) is 6.72. The van der Waals surface area contributed by atoms with Gasteiger partial charge in [-0.3, -0.25) is 0 Å². The third-order valence-corrected chi connectivity index (χ3v) is 3.02. The molecular weight excluding hydrogens is 220 g/mol. The number of rotatable bonds is 5. The van der Waals surface area contributed by atoms with Crippen LogP contribution in [0, 0.1) is 22.0 Å². The molecule has 0 amide bonds. The van der Waals surface area contributed by atoms with Crippen molar-refractivity contribution >= 4 is 12.4 Å². The zero-order valence-corrected chi connectivity index (χ0v) is 9.58. The maximum absolute atomic E-state index is 9.91. The van der Waals surface area contributed by atoms with Crippen LogP contribution in [-0.4, -0.2) is 18.2 Å². The molecule has 0 aromatic carbocycles. The van der Waals surface area contributed by atoms with E-state index in [4.69, 9.17) is 5.73 Å². The Bertz CT molecular complexity index is 184. The van der Waals surface area contributed by atoms with Crippen LogP contribution in [0.5, 0.6) is 0 Å². The number of halogens is 1. The number of hydrogen-bond acceptors (Lipinski definition) is 4. The predicted molar refractivity (Wildman–Crippen MR) is 59.3 cm³/mol. The minimum Gasteiger partial charge on any atom is -0.330 e. The predicted octanol–water partition coefficient (Wildman–Crippen LogP) is 1.77. The van der Waals surface area contributed by atoms with Crippen molar-refractivity contribution in [1.29, 1.82) is 0 Å². The molecule has 0 heterocycles. The summed E-state index contributed by atoms with van der Waals surface area (Å²) in [6.45, 7) is 1.02. The van der Waals surface area contributed by atoms with Gasteiger partial charge in [-0.1, -0.05) is 12.8 Å². The third kappa shape index (κ3) is 5.79. The van der Waals surface area contributed by atoms with Crippen molar-refractivity contribution in [3.8, 4) is 0 Å². The Labute approximate surface area is 95.9 Å². The highest BCUT2D eigenvalue weighted by Gasteiger charge is 2.19. The van der Waals surface area contributed by atoms with Crippen molar-refractivity contribution in [2.24, 2.45) is 17.6 Å². The topological polar surface area (TPSA) is 78.4 Å². The maximum atomic E-state index is 9.91. The summed E-state index contributed by atoms with van der Waals surface area (Å²) in [5.41, 5.74) is 5.57. The van der Waals surface area contributed by atoms with Gasteiger partial charge in [-0.25, -0.2) is 0 Å². The Morgan fingerprint density at radius 2 is 1.80 bits per heavy atom. The van der Waals surface area contributed by atoms with E-state index in [1.165, 1.54) is 12.8 Å². The minimum absolute atomic E-state index is 0. The van der Waals surface area contributed by atoms with Gasteiger partial charge in [-0.15, -0.1) is 22.5 Å². The van der Waals surface area contributed by atoms with Crippen LogP contribution in [0.2, 0.25) is 0 Å². The molecule has 1 aliphatic rings. The van der Waals surface area contributed by atoms with Crippen LogP contribution in [0.4, 0.5) is 0 Å². The Morgan fingerprint density at radius 3 is 2.27 bits per heavy atom. The van der Waals surface area contributed by atoms with Crippen molar-refractivity contribution in [2.75, 3.05) is 13.2 Å². The summed E-state index contributed by atoms with van der Waals surface area (Å²) in [6, 6.07) is 0. The molecule has 0 aromatic heterocycles. The highest BCUT2D eigenvalue weighted by molar-refractivity contribution is 5.85. The summed E-state index contributed by atoms with van der Waals surface area (Å²) in [6.07, 6.45) is 5.42. The number of hydrogen-bond donors (Lipinski definition) is 1. The average Bonchev–Trinajstić information content (AvgIpc) is 2.18. The molecular formula is C9H19ClN2O3. The molecule has 0 spiro atoms. The summed E-state index contributed by atoms with van der Waals surface area (Å²) in [5, 5.41) is 9.19. The zero-order chi connectivity index (χ0) is 10.4. The van der Waals surface area contributed by atoms with E-state index in [1.54, 1.807) is 0 Å². The molecule has 6 heteroatoms. The molecule has 1 aliphatic carbocycles. The first-order valence-corrected chi connectivity index (χ1v) is 5.19. The highest BCUT2D eigenvalue weighted by Crippen LogP contribution is 2.29. The lowest BCUT2D eigenvalue weighted by molar-refractivity contribution is -0.758. The Hall–Kier alpha value is -0.550. The van der Waals surface area contributed by atoms with Crippen LogP contribution >= 0.6 is 12.4 Å². The summed E-state index contributed by atoms with van der Waals surface area (Å²) < 4.78 is 0. The Kier molecular flexibility index (Phi) is 7.42. The molecule has 5 nitrogen and oxygen atoms in total. The molecule has 15 heavy (non-hydrogen) atoms. The van der Waals surface area contributed by atoms with E-state index in [9.17, 15) is 10.1 Å². The molecule has 0 radical (unpaired) electrons. The van der Waals surface area contributed by atoms with Crippen molar-refractivity contribution < 1.29 is 9.92 Å². The zero-order valence-electron chi connectivity index (χ0n) is 8.76. The lowest BCUT2D eigenvalue weighted by Crippen LogP contribution is -2.22. The van der Waals surface area contributed by atoms with E-state index < -0.39 is 5.09 Å². The van der Waals surface area contributed by atoms with Gasteiger partial charge in [0.2, 0.25) is 0 Å². The first-order valence-electron chi connectivity index (χ1n) is 5.19. The fraction of sp³-hybridized carbons (Fsp3) is 1.00. The Balaban J connectivity index is 0.00000196. The summed E-state index contributed by atoms with van der Waals surface area (Å²) >= 11 is 0. The second kappa shape index (κ2) is 7.70. The van der Waals surface area contributed by atoms with Crippen LogP contribution in [0.1, 0.15) is 32.1 Å². The van der Waals surface area contributed by atoms with Crippen LogP contribution in [0.15, 0.2) is 0 Å². The van der Waals surface area contributed by atoms with E-state index in [1.807, 2.05) is 0 Å². The molecule has 0 unspecified atom stereocenters. The SMILES string of the molecule is Cl.NCC1CCC(CCO[N+](=O)[O-])CC1. The van der Waals surface area contributed by atoms with E-state index in [0.29, 0.717) is 11.8 Å². The van der Waals surface area contributed by atoms with Crippen molar-refractivity contribution in [1.82, 2.24) is 0 Å². The molecule has 0 aromatic rings. The van der Waals surface area contributed by atoms with Crippen LogP contribution in [0.25, 0.3) is 0 Å². The lowest BCUT2D eigenvalue weighted by atomic mass is 9.81. The molecule has 1 fully saturated rings.